The maximum atomic E-state index is 16.3. The molecule has 0 heterocycles. The lowest BCUT2D eigenvalue weighted by molar-refractivity contribution is 0.480. The molecule has 0 aliphatic heterocycles. The van der Waals surface area contributed by atoms with Crippen molar-refractivity contribution in [3.05, 3.63) is 280 Å². The molecule has 1 unspecified atom stereocenters. The number of para-hydroxylation sites is 1. The zero-order valence-corrected chi connectivity index (χ0v) is 36.7. The Hall–Kier alpha value is -8.22. The van der Waals surface area contributed by atoms with Crippen LogP contribution in [0.3, 0.4) is 0 Å². The van der Waals surface area contributed by atoms with E-state index >= 15 is 8.78 Å². The fourth-order valence-electron chi connectivity index (χ4n) is 10.4. The third-order valence-corrected chi connectivity index (χ3v) is 13.9. The van der Waals surface area contributed by atoms with Gasteiger partial charge >= 0.3 is 0 Å². The van der Waals surface area contributed by atoms with Crippen molar-refractivity contribution in [1.29, 1.82) is 0 Å². The summed E-state index contributed by atoms with van der Waals surface area (Å²) in [6.45, 7) is 0. The van der Waals surface area contributed by atoms with Crippen LogP contribution in [0.25, 0.3) is 33.0 Å². The molecule has 0 spiro atoms. The molecular weight excluding hydrogens is 851 g/mol. The Balaban J connectivity index is 0.988. The standard InChI is InChI=1S/C62H41F4NO/c63-57-11-5-12-58(64)54(57)35-39-15-17-41(18-16-39)42-22-28-48(29-23-42)67(61-59(65)13-6-14-60(61)66)49-30-34-53-52-9-3-4-10-55(52)62(56(53)38-49,47-25-21-40-7-1-2-8-44(40)36-47)46-26-32-50(33-27-46)68-51-31-24-43-19-20-45(43)37-51/h1-18,21-34,36-38H,19-20,35H2. The molecule has 2 aliphatic rings. The number of hydrogen-bond acceptors (Lipinski definition) is 2. The topological polar surface area (TPSA) is 12.5 Å². The molecule has 0 bridgehead atoms. The Morgan fingerprint density at radius 3 is 1.74 bits per heavy atom. The van der Waals surface area contributed by atoms with Gasteiger partial charge in [0.05, 0.1) is 5.41 Å². The number of fused-ring (bicyclic) bond motifs is 5. The number of aryl methyl sites for hydroxylation is 2. The molecule has 6 heteroatoms. The molecule has 0 aromatic heterocycles. The van der Waals surface area contributed by atoms with Crippen LogP contribution in [0.15, 0.2) is 212 Å². The van der Waals surface area contributed by atoms with Crippen LogP contribution < -0.4 is 9.64 Å². The normalized spacial score (nSPS) is 14.5. The molecule has 2 nitrogen and oxygen atoms in total. The van der Waals surface area contributed by atoms with Crippen molar-refractivity contribution in [3.63, 3.8) is 0 Å². The summed E-state index contributed by atoms with van der Waals surface area (Å²) < 4.78 is 67.9. The first-order valence-electron chi connectivity index (χ1n) is 22.8. The Morgan fingerprint density at radius 2 is 1.03 bits per heavy atom. The first kappa shape index (κ1) is 41.2. The molecule has 0 radical (unpaired) electrons. The van der Waals surface area contributed by atoms with Crippen molar-refractivity contribution in [2.24, 2.45) is 0 Å². The van der Waals surface area contributed by atoms with E-state index in [1.165, 1.54) is 47.5 Å². The molecule has 0 fully saturated rings. The van der Waals surface area contributed by atoms with E-state index in [0.29, 0.717) is 11.4 Å². The van der Waals surface area contributed by atoms with Crippen LogP contribution in [0.2, 0.25) is 0 Å². The third-order valence-electron chi connectivity index (χ3n) is 13.9. The second-order valence-corrected chi connectivity index (χ2v) is 17.7. The molecule has 0 amide bonds. The molecular formula is C62H41F4NO. The second-order valence-electron chi connectivity index (χ2n) is 17.7. The summed E-state index contributed by atoms with van der Waals surface area (Å²) in [7, 11) is 0. The summed E-state index contributed by atoms with van der Waals surface area (Å²) in [4.78, 5) is 1.65. The van der Waals surface area contributed by atoms with Crippen LogP contribution in [0.1, 0.15) is 44.5 Å². The van der Waals surface area contributed by atoms with Crippen LogP contribution in [-0.2, 0) is 24.7 Å². The number of anilines is 3. The largest absolute Gasteiger partial charge is 0.457 e. The average Bonchev–Trinajstić information content (AvgIpc) is 3.65. The monoisotopic (exact) mass is 891 g/mol. The van der Waals surface area contributed by atoms with Gasteiger partial charge in [0.15, 0.2) is 0 Å². The molecule has 68 heavy (non-hydrogen) atoms. The number of ether oxygens (including phenoxy) is 1. The van der Waals surface area contributed by atoms with Crippen LogP contribution >= 0.6 is 0 Å². The molecule has 12 rings (SSSR count). The molecule has 0 saturated heterocycles. The highest BCUT2D eigenvalue weighted by molar-refractivity contribution is 5.92. The highest BCUT2D eigenvalue weighted by atomic mass is 19.1. The van der Waals surface area contributed by atoms with Crippen molar-refractivity contribution in [2.75, 3.05) is 4.90 Å². The van der Waals surface area contributed by atoms with E-state index in [-0.39, 0.29) is 17.7 Å². The summed E-state index contributed by atoms with van der Waals surface area (Å²) in [5.74, 6) is -1.04. The zero-order valence-electron chi connectivity index (χ0n) is 36.7. The predicted octanol–water partition coefficient (Wildman–Crippen LogP) is 16.4. The summed E-state index contributed by atoms with van der Waals surface area (Å²) in [5, 5.41) is 2.21. The van der Waals surface area contributed by atoms with Gasteiger partial charge < -0.3 is 9.64 Å². The van der Waals surface area contributed by atoms with Crippen molar-refractivity contribution in [3.8, 4) is 33.8 Å². The zero-order chi connectivity index (χ0) is 45.9. The van der Waals surface area contributed by atoms with Crippen LogP contribution in [0.4, 0.5) is 34.6 Å². The van der Waals surface area contributed by atoms with Crippen LogP contribution in [0.5, 0.6) is 11.5 Å². The van der Waals surface area contributed by atoms with E-state index in [0.717, 1.165) is 85.2 Å². The lowest BCUT2D eigenvalue weighted by atomic mass is 9.67. The summed E-state index contributed by atoms with van der Waals surface area (Å²) >= 11 is 0. The van der Waals surface area contributed by atoms with E-state index < -0.39 is 28.7 Å². The lowest BCUT2D eigenvalue weighted by Gasteiger charge is -2.35. The maximum Gasteiger partial charge on any atom is 0.150 e. The fraction of sp³-hybridized carbons (Fsp3) is 0.0645. The van der Waals surface area contributed by atoms with E-state index in [4.69, 9.17) is 4.74 Å². The molecule has 10 aromatic rings. The highest BCUT2D eigenvalue weighted by Crippen LogP contribution is 2.58. The molecule has 1 atom stereocenters. The highest BCUT2D eigenvalue weighted by Gasteiger charge is 2.46. The van der Waals surface area contributed by atoms with E-state index in [1.807, 2.05) is 84.9 Å². The van der Waals surface area contributed by atoms with Crippen LogP contribution in [0, 0.1) is 23.3 Å². The van der Waals surface area contributed by atoms with E-state index in [9.17, 15) is 8.78 Å². The minimum atomic E-state index is -0.854. The first-order chi connectivity index (χ1) is 33.3. The minimum absolute atomic E-state index is 0.0215. The quantitative estimate of drug-likeness (QED) is 0.127. The molecule has 2 aliphatic carbocycles. The van der Waals surface area contributed by atoms with Crippen molar-refractivity contribution < 1.29 is 22.3 Å². The Labute approximate surface area is 392 Å². The van der Waals surface area contributed by atoms with Gasteiger partial charge in [-0.1, -0.05) is 133 Å². The van der Waals surface area contributed by atoms with Crippen molar-refractivity contribution >= 4 is 27.8 Å². The minimum Gasteiger partial charge on any atom is -0.457 e. The summed E-state index contributed by atoms with van der Waals surface area (Å²) in [5.41, 5.74) is 11.5. The fourth-order valence-corrected chi connectivity index (χ4v) is 10.4. The summed E-state index contributed by atoms with van der Waals surface area (Å²) in [6.07, 6.45) is 2.28. The van der Waals surface area contributed by atoms with Gasteiger partial charge in [-0.3, -0.25) is 0 Å². The van der Waals surface area contributed by atoms with E-state index in [2.05, 4.69) is 91.0 Å². The van der Waals surface area contributed by atoms with Gasteiger partial charge in [0.1, 0.15) is 40.5 Å². The second kappa shape index (κ2) is 16.6. The van der Waals surface area contributed by atoms with Gasteiger partial charge in [-0.25, -0.2) is 17.6 Å². The predicted molar refractivity (Wildman–Crippen MR) is 264 cm³/mol. The number of halogens is 4. The van der Waals surface area contributed by atoms with Gasteiger partial charge in [-0.2, -0.15) is 0 Å². The smallest absolute Gasteiger partial charge is 0.150 e. The molecule has 0 N–H and O–H groups in total. The molecule has 0 saturated carbocycles. The SMILES string of the molecule is Fc1cccc(F)c1Cc1ccc(-c2ccc(N(c3ccc4c(c3)C(c3ccc(Oc5ccc6c(c5)CC6)cc3)(c3ccc5ccccc5c3)c3ccccc3-4)c3c(F)cccc3F)cc2)cc1. The third kappa shape index (κ3) is 6.94. The number of rotatable bonds is 10. The number of nitrogens with zero attached hydrogens (tertiary/aromatic N) is 1. The Bertz CT molecular complexity index is 3530. The number of hydrogen-bond donors (Lipinski definition) is 0. The van der Waals surface area contributed by atoms with Gasteiger partial charge in [0, 0.05) is 23.4 Å². The molecule has 10 aromatic carbocycles. The lowest BCUT2D eigenvalue weighted by Crippen LogP contribution is -2.29. The van der Waals surface area contributed by atoms with Gasteiger partial charge in [0.25, 0.3) is 0 Å². The van der Waals surface area contributed by atoms with Crippen molar-refractivity contribution in [1.82, 2.24) is 0 Å². The maximum absolute atomic E-state index is 16.3. The Kier molecular flexibility index (Phi) is 10.1. The average molecular weight is 892 g/mol. The first-order valence-corrected chi connectivity index (χ1v) is 22.8. The van der Waals surface area contributed by atoms with Crippen molar-refractivity contribution in [2.45, 2.75) is 24.7 Å². The summed E-state index contributed by atoms with van der Waals surface area (Å²) in [6, 6.07) is 67.1. The Morgan fingerprint density at radius 1 is 0.426 bits per heavy atom. The molecule has 328 valence electrons. The van der Waals surface area contributed by atoms with Crippen LogP contribution in [-0.4, -0.2) is 0 Å². The van der Waals surface area contributed by atoms with Gasteiger partial charge in [0.2, 0.25) is 0 Å². The van der Waals surface area contributed by atoms with Gasteiger partial charge in [-0.05, 0) is 164 Å². The number of benzene rings is 10. The van der Waals surface area contributed by atoms with E-state index in [1.54, 1.807) is 4.90 Å². The van der Waals surface area contributed by atoms with Gasteiger partial charge in [-0.15, -0.1) is 0 Å².